The number of anilines is 1. The van der Waals surface area contributed by atoms with Gasteiger partial charge >= 0.3 is 0 Å². The number of nitrogens with one attached hydrogen (secondary N) is 2. The molecular formula is C16H15FN2O. The van der Waals surface area contributed by atoms with Gasteiger partial charge in [-0.3, -0.25) is 10.1 Å². The number of carbonyl (C=O) groups excluding carboxylic acids is 1. The fraction of sp³-hybridized carbons (Fsp3) is 0.188. The number of rotatable bonds is 3. The van der Waals surface area contributed by atoms with E-state index >= 15 is 0 Å². The predicted molar refractivity (Wildman–Crippen MR) is 75.8 cm³/mol. The van der Waals surface area contributed by atoms with Crippen molar-refractivity contribution in [1.29, 1.82) is 0 Å². The lowest BCUT2D eigenvalue weighted by Crippen LogP contribution is -2.29. The van der Waals surface area contributed by atoms with Crippen LogP contribution in [0.15, 0.2) is 48.5 Å². The summed E-state index contributed by atoms with van der Waals surface area (Å²) in [5, 5.41) is 5.99. The highest BCUT2D eigenvalue weighted by atomic mass is 19.1. The molecule has 0 saturated carbocycles. The van der Waals surface area contributed by atoms with Crippen LogP contribution in [0.3, 0.4) is 0 Å². The average molecular weight is 270 g/mol. The maximum absolute atomic E-state index is 13.2. The Morgan fingerprint density at radius 3 is 2.70 bits per heavy atom. The van der Waals surface area contributed by atoms with Crippen molar-refractivity contribution in [3.63, 3.8) is 0 Å². The van der Waals surface area contributed by atoms with Gasteiger partial charge in [0, 0.05) is 17.3 Å². The molecule has 0 saturated heterocycles. The van der Waals surface area contributed by atoms with Crippen molar-refractivity contribution in [2.75, 3.05) is 5.32 Å². The van der Waals surface area contributed by atoms with Gasteiger partial charge in [-0.2, -0.15) is 0 Å². The van der Waals surface area contributed by atoms with Crippen LogP contribution in [0.1, 0.15) is 30.1 Å². The van der Waals surface area contributed by atoms with Gasteiger partial charge in [-0.05, 0) is 24.6 Å². The number of hydrogen-bond donors (Lipinski definition) is 2. The monoisotopic (exact) mass is 270 g/mol. The van der Waals surface area contributed by atoms with E-state index < -0.39 is 6.04 Å². The molecule has 1 aliphatic rings. The van der Waals surface area contributed by atoms with Crippen molar-refractivity contribution in [3.8, 4) is 0 Å². The van der Waals surface area contributed by atoms with E-state index in [0.717, 1.165) is 11.1 Å². The lowest BCUT2D eigenvalue weighted by Gasteiger charge is -2.18. The van der Waals surface area contributed by atoms with Gasteiger partial charge in [-0.15, -0.1) is 0 Å². The summed E-state index contributed by atoms with van der Waals surface area (Å²) in [4.78, 5) is 12.0. The van der Waals surface area contributed by atoms with E-state index in [1.54, 1.807) is 6.07 Å². The second-order valence-electron chi connectivity index (χ2n) is 4.95. The first-order valence-corrected chi connectivity index (χ1v) is 6.56. The Balaban J connectivity index is 1.84. The van der Waals surface area contributed by atoms with E-state index in [9.17, 15) is 9.18 Å². The minimum Gasteiger partial charge on any atom is -0.324 e. The third-order valence-electron chi connectivity index (χ3n) is 3.56. The van der Waals surface area contributed by atoms with Crippen LogP contribution in [-0.4, -0.2) is 5.91 Å². The normalized spacial score (nSPS) is 18.5. The highest BCUT2D eigenvalue weighted by Crippen LogP contribution is 2.32. The SMILES string of the molecule is CC(NC1C(=O)Nc2cc(F)ccc21)c1ccccc1. The third kappa shape index (κ3) is 2.30. The molecule has 0 spiro atoms. The molecule has 0 fully saturated rings. The van der Waals surface area contributed by atoms with E-state index in [2.05, 4.69) is 10.6 Å². The van der Waals surface area contributed by atoms with Crippen LogP contribution >= 0.6 is 0 Å². The van der Waals surface area contributed by atoms with Gasteiger partial charge in [0.05, 0.1) is 0 Å². The number of benzene rings is 2. The van der Waals surface area contributed by atoms with Crippen LogP contribution in [0, 0.1) is 5.82 Å². The van der Waals surface area contributed by atoms with Crippen molar-refractivity contribution in [1.82, 2.24) is 5.32 Å². The fourth-order valence-corrected chi connectivity index (χ4v) is 2.49. The maximum atomic E-state index is 13.2. The number of fused-ring (bicyclic) bond motifs is 1. The molecule has 20 heavy (non-hydrogen) atoms. The van der Waals surface area contributed by atoms with Gasteiger partial charge in [-0.1, -0.05) is 36.4 Å². The molecule has 2 aromatic rings. The molecule has 1 aliphatic heterocycles. The Labute approximate surface area is 116 Å². The van der Waals surface area contributed by atoms with E-state index in [4.69, 9.17) is 0 Å². The Hall–Kier alpha value is -2.20. The summed E-state index contributed by atoms with van der Waals surface area (Å²) in [5.41, 5.74) is 2.45. The first-order chi connectivity index (χ1) is 9.65. The molecule has 0 aromatic heterocycles. The molecule has 1 amide bonds. The second-order valence-corrected chi connectivity index (χ2v) is 4.95. The van der Waals surface area contributed by atoms with E-state index in [0.29, 0.717) is 5.69 Å². The quantitative estimate of drug-likeness (QED) is 0.899. The molecule has 0 bridgehead atoms. The smallest absolute Gasteiger partial charge is 0.246 e. The summed E-state index contributed by atoms with van der Waals surface area (Å²) in [6.07, 6.45) is 0. The second kappa shape index (κ2) is 5.06. The predicted octanol–water partition coefficient (Wildman–Crippen LogP) is 3.17. The zero-order chi connectivity index (χ0) is 14.1. The molecule has 3 nitrogen and oxygen atoms in total. The summed E-state index contributed by atoms with van der Waals surface area (Å²) in [6, 6.07) is 13.9. The van der Waals surface area contributed by atoms with Gasteiger partial charge in [0.1, 0.15) is 11.9 Å². The summed E-state index contributed by atoms with van der Waals surface area (Å²) >= 11 is 0. The van der Waals surface area contributed by atoms with Crippen LogP contribution in [0.25, 0.3) is 0 Å². The highest BCUT2D eigenvalue weighted by Gasteiger charge is 2.31. The zero-order valence-corrected chi connectivity index (χ0v) is 11.1. The van der Waals surface area contributed by atoms with Crippen LogP contribution in [0.5, 0.6) is 0 Å². The molecule has 0 aliphatic carbocycles. The molecule has 1 heterocycles. The van der Waals surface area contributed by atoms with Gasteiger partial charge in [-0.25, -0.2) is 4.39 Å². The van der Waals surface area contributed by atoms with Gasteiger partial charge in [0.15, 0.2) is 0 Å². The maximum Gasteiger partial charge on any atom is 0.246 e. The lowest BCUT2D eigenvalue weighted by atomic mass is 10.0. The fourth-order valence-electron chi connectivity index (χ4n) is 2.49. The standard InChI is InChI=1S/C16H15FN2O/c1-10(11-5-3-2-4-6-11)18-15-13-8-7-12(17)9-14(13)19-16(15)20/h2-10,15,18H,1H3,(H,19,20). The summed E-state index contributed by atoms with van der Waals surface area (Å²) in [6.45, 7) is 2.00. The average Bonchev–Trinajstić information content (AvgIpc) is 2.75. The molecule has 4 heteroatoms. The van der Waals surface area contributed by atoms with Crippen LogP contribution in [0.2, 0.25) is 0 Å². The lowest BCUT2D eigenvalue weighted by molar-refractivity contribution is -0.117. The van der Waals surface area contributed by atoms with E-state index in [-0.39, 0.29) is 17.8 Å². The molecule has 2 atom stereocenters. The minimum atomic E-state index is -0.444. The molecule has 2 aromatic carbocycles. The third-order valence-corrected chi connectivity index (χ3v) is 3.56. The summed E-state index contributed by atoms with van der Waals surface area (Å²) in [5.74, 6) is -0.491. The van der Waals surface area contributed by atoms with Crippen LogP contribution in [0.4, 0.5) is 10.1 Å². The first kappa shape index (κ1) is 12.8. The number of hydrogen-bond acceptors (Lipinski definition) is 2. The largest absolute Gasteiger partial charge is 0.324 e. The number of amides is 1. The summed E-state index contributed by atoms with van der Waals surface area (Å²) in [7, 11) is 0. The van der Waals surface area contributed by atoms with Crippen molar-refractivity contribution in [2.24, 2.45) is 0 Å². The van der Waals surface area contributed by atoms with Crippen molar-refractivity contribution >= 4 is 11.6 Å². The Kier molecular flexibility index (Phi) is 3.24. The molecule has 3 rings (SSSR count). The Bertz CT molecular complexity index is 642. The van der Waals surface area contributed by atoms with E-state index in [1.807, 2.05) is 37.3 Å². The summed E-state index contributed by atoms with van der Waals surface area (Å²) < 4.78 is 13.2. The van der Waals surface area contributed by atoms with Gasteiger partial charge in [0.25, 0.3) is 0 Å². The topological polar surface area (TPSA) is 41.1 Å². The molecule has 102 valence electrons. The highest BCUT2D eigenvalue weighted by molar-refractivity contribution is 6.02. The number of halogens is 1. The first-order valence-electron chi connectivity index (χ1n) is 6.56. The molecule has 2 unspecified atom stereocenters. The minimum absolute atomic E-state index is 0.0305. The van der Waals surface area contributed by atoms with E-state index in [1.165, 1.54) is 12.1 Å². The van der Waals surface area contributed by atoms with Crippen molar-refractivity contribution in [3.05, 3.63) is 65.5 Å². The molecular weight excluding hydrogens is 255 g/mol. The molecule has 0 radical (unpaired) electrons. The van der Waals surface area contributed by atoms with Gasteiger partial charge < -0.3 is 5.32 Å². The zero-order valence-electron chi connectivity index (χ0n) is 11.1. The van der Waals surface area contributed by atoms with Crippen LogP contribution in [-0.2, 0) is 4.79 Å². The molecule has 2 N–H and O–H groups in total. The van der Waals surface area contributed by atoms with Crippen molar-refractivity contribution < 1.29 is 9.18 Å². The van der Waals surface area contributed by atoms with Crippen molar-refractivity contribution in [2.45, 2.75) is 19.0 Å². The number of carbonyl (C=O) groups is 1. The Morgan fingerprint density at radius 1 is 1.20 bits per heavy atom. The Morgan fingerprint density at radius 2 is 1.95 bits per heavy atom. The van der Waals surface area contributed by atoms with Crippen LogP contribution < -0.4 is 10.6 Å². The van der Waals surface area contributed by atoms with Gasteiger partial charge in [0.2, 0.25) is 5.91 Å².